The number of nitrogens with zero attached hydrogens (tertiary/aromatic N) is 2. The van der Waals surface area contributed by atoms with Gasteiger partial charge >= 0.3 is 0 Å². The van der Waals surface area contributed by atoms with E-state index < -0.39 is 0 Å². The van der Waals surface area contributed by atoms with Crippen molar-refractivity contribution < 1.29 is 4.42 Å². The molecule has 1 atom stereocenters. The molecule has 3 heteroatoms. The summed E-state index contributed by atoms with van der Waals surface area (Å²) in [7, 11) is 0. The maximum Gasteiger partial charge on any atom is 0.160 e. The second kappa shape index (κ2) is 13.0. The summed E-state index contributed by atoms with van der Waals surface area (Å²) in [6.07, 6.45) is 0. The highest BCUT2D eigenvalue weighted by Crippen LogP contribution is 2.55. The molecule has 0 bridgehead atoms. The highest BCUT2D eigenvalue weighted by molar-refractivity contribution is 6.20. The summed E-state index contributed by atoms with van der Waals surface area (Å²) in [5.74, 6) is 0.696. The van der Waals surface area contributed by atoms with Gasteiger partial charge in [-0.05, 0) is 98.4 Å². The monoisotopic (exact) mass is 752 g/mol. The van der Waals surface area contributed by atoms with Crippen LogP contribution in [0.1, 0.15) is 23.6 Å². The molecule has 1 aliphatic rings. The molecule has 11 aromatic rings. The molecule has 0 N–H and O–H groups in total. The fourth-order valence-corrected chi connectivity index (χ4v) is 9.65. The third-order valence-electron chi connectivity index (χ3n) is 12.6. The van der Waals surface area contributed by atoms with Crippen LogP contribution >= 0.6 is 0 Å². The van der Waals surface area contributed by atoms with Crippen molar-refractivity contribution >= 4 is 43.5 Å². The number of hydrogen-bond donors (Lipinski definition) is 0. The molecule has 2 aromatic heterocycles. The van der Waals surface area contributed by atoms with Gasteiger partial charge in [0.1, 0.15) is 11.2 Å². The minimum Gasteiger partial charge on any atom is -0.455 e. The Balaban J connectivity index is 1.00. The number of hydrogen-bond acceptors (Lipinski definition) is 3. The standard InChI is InChI=1S/C56H36N2O/c1-56(40-19-6-3-7-20-40)48-24-11-10-22-46(48)53-47(23-13-25-49(53)56)51-34-50(57-55(58-51)36-15-4-2-5-16-36)39-18-12-17-37(32-39)38-27-28-43-45-31-30-42-41-21-9-8-14-35(41)26-29-44(42)54(45)59-52(43)33-38/h2-34H,1H3. The van der Waals surface area contributed by atoms with E-state index in [9.17, 15) is 0 Å². The molecule has 1 aliphatic carbocycles. The second-order valence-electron chi connectivity index (χ2n) is 15.8. The number of benzene rings is 9. The predicted molar refractivity (Wildman–Crippen MR) is 243 cm³/mol. The van der Waals surface area contributed by atoms with Gasteiger partial charge in [0.2, 0.25) is 0 Å². The van der Waals surface area contributed by atoms with E-state index in [0.29, 0.717) is 5.82 Å². The van der Waals surface area contributed by atoms with Crippen LogP contribution in [0.15, 0.2) is 205 Å². The summed E-state index contributed by atoms with van der Waals surface area (Å²) in [5.41, 5.74) is 14.9. The van der Waals surface area contributed by atoms with Crippen LogP contribution in [0.4, 0.5) is 0 Å². The number of furan rings is 1. The molecule has 0 aliphatic heterocycles. The third-order valence-corrected chi connectivity index (χ3v) is 12.6. The van der Waals surface area contributed by atoms with Crippen molar-refractivity contribution in [2.75, 3.05) is 0 Å². The molecule has 3 nitrogen and oxygen atoms in total. The summed E-state index contributed by atoms with van der Waals surface area (Å²) in [5, 5.41) is 7.05. The molecule has 0 spiro atoms. The van der Waals surface area contributed by atoms with Crippen molar-refractivity contribution in [2.45, 2.75) is 12.3 Å². The Labute approximate surface area is 341 Å². The lowest BCUT2D eigenvalue weighted by Gasteiger charge is -2.28. The molecule has 276 valence electrons. The smallest absolute Gasteiger partial charge is 0.160 e. The van der Waals surface area contributed by atoms with Gasteiger partial charge in [0.25, 0.3) is 0 Å². The first-order valence-corrected chi connectivity index (χ1v) is 20.2. The first-order valence-electron chi connectivity index (χ1n) is 20.2. The van der Waals surface area contributed by atoms with Crippen molar-refractivity contribution in [3.8, 4) is 56.2 Å². The Morgan fingerprint density at radius 3 is 1.93 bits per heavy atom. The number of rotatable bonds is 5. The summed E-state index contributed by atoms with van der Waals surface area (Å²) >= 11 is 0. The Bertz CT molecular complexity index is 3460. The molecule has 12 rings (SSSR count). The minimum absolute atomic E-state index is 0.307. The lowest BCUT2D eigenvalue weighted by molar-refractivity contribution is 0.673. The van der Waals surface area contributed by atoms with E-state index in [-0.39, 0.29) is 5.41 Å². The summed E-state index contributed by atoms with van der Waals surface area (Å²) in [4.78, 5) is 10.6. The molecule has 0 saturated carbocycles. The van der Waals surface area contributed by atoms with E-state index >= 15 is 0 Å². The van der Waals surface area contributed by atoms with E-state index in [1.807, 2.05) is 18.2 Å². The Hall–Kier alpha value is -7.62. The average molecular weight is 753 g/mol. The van der Waals surface area contributed by atoms with Crippen LogP contribution in [0.3, 0.4) is 0 Å². The van der Waals surface area contributed by atoms with E-state index in [1.165, 1.54) is 44.0 Å². The highest BCUT2D eigenvalue weighted by atomic mass is 16.3. The van der Waals surface area contributed by atoms with E-state index in [2.05, 4.69) is 189 Å². The van der Waals surface area contributed by atoms with Crippen LogP contribution in [0.25, 0.3) is 99.6 Å². The summed E-state index contributed by atoms with van der Waals surface area (Å²) in [6.45, 7) is 2.36. The lowest BCUT2D eigenvalue weighted by atomic mass is 9.74. The Morgan fingerprint density at radius 1 is 0.407 bits per heavy atom. The Morgan fingerprint density at radius 2 is 1.03 bits per heavy atom. The van der Waals surface area contributed by atoms with Crippen molar-refractivity contribution in [3.05, 3.63) is 217 Å². The van der Waals surface area contributed by atoms with Crippen LogP contribution < -0.4 is 0 Å². The minimum atomic E-state index is -0.307. The topological polar surface area (TPSA) is 38.9 Å². The van der Waals surface area contributed by atoms with Crippen LogP contribution in [-0.4, -0.2) is 9.97 Å². The number of fused-ring (bicyclic) bond motifs is 10. The maximum atomic E-state index is 6.70. The first kappa shape index (κ1) is 33.5. The average Bonchev–Trinajstić information content (AvgIpc) is 3.82. The second-order valence-corrected chi connectivity index (χ2v) is 15.8. The van der Waals surface area contributed by atoms with E-state index in [4.69, 9.17) is 14.4 Å². The molecular formula is C56H36N2O. The zero-order valence-electron chi connectivity index (χ0n) is 32.4. The number of aromatic nitrogens is 2. The maximum absolute atomic E-state index is 6.70. The summed E-state index contributed by atoms with van der Waals surface area (Å²) < 4.78 is 6.70. The van der Waals surface area contributed by atoms with Gasteiger partial charge in [-0.2, -0.15) is 0 Å². The summed E-state index contributed by atoms with van der Waals surface area (Å²) in [6, 6.07) is 71.5. The molecule has 59 heavy (non-hydrogen) atoms. The zero-order chi connectivity index (χ0) is 39.1. The molecule has 0 saturated heterocycles. The SMILES string of the molecule is CC1(c2ccccc2)c2ccccc2-c2c(-c3cc(-c4cccc(-c5ccc6c(c5)oc5c6ccc6c7ccccc7ccc65)c4)nc(-c4ccccc4)n3)cccc21. The van der Waals surface area contributed by atoms with Gasteiger partial charge in [-0.3, -0.25) is 0 Å². The van der Waals surface area contributed by atoms with Gasteiger partial charge < -0.3 is 4.42 Å². The largest absolute Gasteiger partial charge is 0.455 e. The van der Waals surface area contributed by atoms with Gasteiger partial charge in [0.15, 0.2) is 5.82 Å². The van der Waals surface area contributed by atoms with Crippen molar-refractivity contribution in [1.82, 2.24) is 9.97 Å². The highest BCUT2D eigenvalue weighted by Gasteiger charge is 2.41. The van der Waals surface area contributed by atoms with Crippen LogP contribution in [0.5, 0.6) is 0 Å². The molecule has 9 aromatic carbocycles. The van der Waals surface area contributed by atoms with E-state index in [0.717, 1.165) is 66.5 Å². The van der Waals surface area contributed by atoms with Crippen LogP contribution in [0, 0.1) is 0 Å². The Kier molecular flexibility index (Phi) is 7.36. The zero-order valence-corrected chi connectivity index (χ0v) is 32.4. The van der Waals surface area contributed by atoms with Gasteiger partial charge in [-0.15, -0.1) is 0 Å². The van der Waals surface area contributed by atoms with Crippen molar-refractivity contribution in [1.29, 1.82) is 0 Å². The quantitative estimate of drug-likeness (QED) is 0.164. The van der Waals surface area contributed by atoms with Crippen molar-refractivity contribution in [2.24, 2.45) is 0 Å². The molecule has 0 amide bonds. The van der Waals surface area contributed by atoms with Crippen LogP contribution in [-0.2, 0) is 5.41 Å². The predicted octanol–water partition coefficient (Wildman–Crippen LogP) is 14.7. The van der Waals surface area contributed by atoms with Gasteiger partial charge in [-0.25, -0.2) is 9.97 Å². The van der Waals surface area contributed by atoms with E-state index in [1.54, 1.807) is 0 Å². The third kappa shape index (κ3) is 5.15. The van der Waals surface area contributed by atoms with Gasteiger partial charge in [0, 0.05) is 38.3 Å². The normalized spacial score (nSPS) is 14.6. The lowest BCUT2D eigenvalue weighted by Crippen LogP contribution is -2.22. The molecule has 0 radical (unpaired) electrons. The molecule has 1 unspecified atom stereocenters. The molecular weight excluding hydrogens is 717 g/mol. The van der Waals surface area contributed by atoms with Gasteiger partial charge in [-0.1, -0.05) is 164 Å². The van der Waals surface area contributed by atoms with Gasteiger partial charge in [0.05, 0.1) is 11.4 Å². The fraction of sp³-hybridized carbons (Fsp3) is 0.0357. The van der Waals surface area contributed by atoms with Crippen LogP contribution in [0.2, 0.25) is 0 Å². The fourth-order valence-electron chi connectivity index (χ4n) is 9.65. The first-order chi connectivity index (χ1) is 29.1. The molecule has 0 fully saturated rings. The van der Waals surface area contributed by atoms with Crippen molar-refractivity contribution in [3.63, 3.8) is 0 Å². The molecule has 2 heterocycles.